The number of hydrogen-bond acceptors (Lipinski definition) is 9. The summed E-state index contributed by atoms with van der Waals surface area (Å²) >= 11 is 0. The molecule has 0 unspecified atom stereocenters. The van der Waals surface area contributed by atoms with Crippen LogP contribution in [0.2, 0.25) is 0 Å². The molecule has 0 saturated carbocycles. The Morgan fingerprint density at radius 1 is 1.09 bits per heavy atom. The number of hydrogen-bond donors (Lipinski definition) is 1. The summed E-state index contributed by atoms with van der Waals surface area (Å²) in [5, 5.41) is 2.47. The molecule has 3 heterocycles. The van der Waals surface area contributed by atoms with Crippen molar-refractivity contribution in [3.05, 3.63) is 42.2 Å². The van der Waals surface area contributed by atoms with E-state index in [9.17, 15) is 18.0 Å². The van der Waals surface area contributed by atoms with Crippen LogP contribution in [0.3, 0.4) is 0 Å². The second-order valence-corrected chi connectivity index (χ2v) is 9.85. The van der Waals surface area contributed by atoms with Crippen LogP contribution in [0.25, 0.3) is 0 Å². The molecule has 1 saturated heterocycles. The van der Waals surface area contributed by atoms with Gasteiger partial charge in [-0.05, 0) is 50.6 Å². The molecule has 0 bridgehead atoms. The zero-order chi connectivity index (χ0) is 24.1. The molecule has 0 atom stereocenters. The number of benzene rings is 1. The molecule has 1 fully saturated rings. The Hall–Kier alpha value is -3.25. The molecule has 2 aromatic rings. The summed E-state index contributed by atoms with van der Waals surface area (Å²) in [5.41, 5.74) is 0.379. The molecular formula is C22H28N6O5S. The summed E-state index contributed by atoms with van der Waals surface area (Å²) in [6.07, 6.45) is 4.12. The molecule has 182 valence electrons. The third-order valence-electron chi connectivity index (χ3n) is 5.82. The Labute approximate surface area is 198 Å². The first-order chi connectivity index (χ1) is 16.4. The fraction of sp³-hybridized carbons (Fsp3) is 0.455. The van der Waals surface area contributed by atoms with E-state index in [1.54, 1.807) is 25.4 Å². The number of aromatic nitrogens is 2. The average molecular weight is 489 g/mol. The molecule has 11 nitrogen and oxygen atoms in total. The van der Waals surface area contributed by atoms with E-state index < -0.39 is 22.0 Å². The Kier molecular flexibility index (Phi) is 7.27. The van der Waals surface area contributed by atoms with Gasteiger partial charge in [-0.1, -0.05) is 0 Å². The van der Waals surface area contributed by atoms with Crippen molar-refractivity contribution in [2.24, 2.45) is 0 Å². The van der Waals surface area contributed by atoms with Gasteiger partial charge in [0.15, 0.2) is 0 Å². The number of nitrogens with zero attached hydrogens (tertiary/aromatic N) is 5. The predicted molar refractivity (Wildman–Crippen MR) is 125 cm³/mol. The van der Waals surface area contributed by atoms with Gasteiger partial charge in [0.2, 0.25) is 5.95 Å². The molecule has 1 aromatic heterocycles. The highest BCUT2D eigenvalue weighted by atomic mass is 32.2. The zero-order valence-corrected chi connectivity index (χ0v) is 19.8. The summed E-state index contributed by atoms with van der Waals surface area (Å²) < 4.78 is 31.7. The number of carbonyl (C=O) groups is 2. The lowest BCUT2D eigenvalue weighted by Crippen LogP contribution is -2.47. The lowest BCUT2D eigenvalue weighted by atomic mass is 10.2. The number of rotatable bonds is 8. The highest BCUT2D eigenvalue weighted by Crippen LogP contribution is 2.32. The van der Waals surface area contributed by atoms with E-state index in [2.05, 4.69) is 25.1 Å². The Balaban J connectivity index is 1.27. The smallest absolute Gasteiger partial charge is 0.411 e. The first kappa shape index (κ1) is 23.9. The monoisotopic (exact) mass is 488 g/mol. The van der Waals surface area contributed by atoms with Crippen molar-refractivity contribution in [1.82, 2.24) is 19.2 Å². The molecule has 0 radical (unpaired) electrons. The minimum Gasteiger partial charge on any atom is -0.450 e. The highest BCUT2D eigenvalue weighted by molar-refractivity contribution is 7.90. The van der Waals surface area contributed by atoms with Crippen LogP contribution in [0.4, 0.5) is 16.4 Å². The summed E-state index contributed by atoms with van der Waals surface area (Å²) in [5.74, 6) is 0.203. The minimum atomic E-state index is -3.95. The lowest BCUT2D eigenvalue weighted by Gasteiger charge is -2.34. The number of anilines is 2. The van der Waals surface area contributed by atoms with Crippen molar-refractivity contribution in [3.63, 3.8) is 0 Å². The highest BCUT2D eigenvalue weighted by Gasteiger charge is 2.41. The lowest BCUT2D eigenvalue weighted by molar-refractivity contribution is 0.0868. The molecule has 0 spiro atoms. The first-order valence-electron chi connectivity index (χ1n) is 11.3. The van der Waals surface area contributed by atoms with Gasteiger partial charge < -0.3 is 9.64 Å². The van der Waals surface area contributed by atoms with Crippen molar-refractivity contribution in [1.29, 1.82) is 0 Å². The molecule has 4 rings (SSSR count). The third kappa shape index (κ3) is 5.12. The first-order valence-corrected chi connectivity index (χ1v) is 12.7. The van der Waals surface area contributed by atoms with Gasteiger partial charge in [0.1, 0.15) is 4.90 Å². The van der Waals surface area contributed by atoms with E-state index in [1.807, 2.05) is 0 Å². The van der Waals surface area contributed by atoms with Crippen LogP contribution < -0.4 is 10.2 Å². The van der Waals surface area contributed by atoms with Gasteiger partial charge in [0.25, 0.3) is 15.9 Å². The largest absolute Gasteiger partial charge is 0.450 e. The fourth-order valence-electron chi connectivity index (χ4n) is 4.08. The third-order valence-corrected chi connectivity index (χ3v) is 7.64. The number of ether oxygens (including phenoxy) is 1. The van der Waals surface area contributed by atoms with E-state index in [-0.39, 0.29) is 29.3 Å². The second kappa shape index (κ2) is 10.3. The van der Waals surface area contributed by atoms with Crippen molar-refractivity contribution >= 4 is 33.7 Å². The molecule has 2 aliphatic heterocycles. The van der Waals surface area contributed by atoms with Crippen molar-refractivity contribution < 1.29 is 22.7 Å². The molecule has 34 heavy (non-hydrogen) atoms. The number of nitrogens with one attached hydrogen (secondary N) is 1. The van der Waals surface area contributed by atoms with Crippen LogP contribution in [0.15, 0.2) is 41.6 Å². The molecule has 1 N–H and O–H groups in total. The molecule has 1 aromatic carbocycles. The molecule has 2 aliphatic rings. The van der Waals surface area contributed by atoms with Gasteiger partial charge in [-0.3, -0.25) is 15.0 Å². The van der Waals surface area contributed by atoms with Crippen LogP contribution in [0.1, 0.15) is 30.1 Å². The number of amides is 2. The fourth-order valence-corrected chi connectivity index (χ4v) is 5.71. The standard InChI is InChI=1S/C22H28N6O5S/c1-2-33-22(30)25-17-6-7-18-19(16-17)34(31,32)28(20(18)29)11-4-3-10-26-12-14-27(15-13-26)21-23-8-5-9-24-21/h5-9,16H,2-4,10-15H2,1H3,(H,25,30). The van der Waals surface area contributed by atoms with Crippen LogP contribution in [-0.4, -0.2) is 85.5 Å². The maximum absolute atomic E-state index is 13.0. The number of piperazine rings is 1. The summed E-state index contributed by atoms with van der Waals surface area (Å²) in [6, 6.07) is 6.01. The maximum Gasteiger partial charge on any atom is 0.411 e. The SMILES string of the molecule is CCOC(=O)Nc1ccc2c(c1)S(=O)(=O)N(CCCCN1CCN(c3ncccn3)CC1)C2=O. The van der Waals surface area contributed by atoms with E-state index in [1.165, 1.54) is 18.2 Å². The summed E-state index contributed by atoms with van der Waals surface area (Å²) in [7, 11) is -3.95. The second-order valence-electron chi connectivity index (χ2n) is 8.02. The zero-order valence-electron chi connectivity index (χ0n) is 19.0. The Morgan fingerprint density at radius 2 is 1.79 bits per heavy atom. The average Bonchev–Trinajstić information content (AvgIpc) is 3.02. The summed E-state index contributed by atoms with van der Waals surface area (Å²) in [6.45, 7) is 6.23. The van der Waals surface area contributed by atoms with Gasteiger partial charge in [-0.2, -0.15) is 0 Å². The number of unbranched alkanes of at least 4 members (excludes halogenated alkanes) is 1. The quantitative estimate of drug-likeness (QED) is 0.554. The summed E-state index contributed by atoms with van der Waals surface area (Å²) in [4.78, 5) is 37.3. The van der Waals surface area contributed by atoms with Gasteiger partial charge >= 0.3 is 6.09 Å². The van der Waals surface area contributed by atoms with E-state index in [0.717, 1.165) is 49.4 Å². The van der Waals surface area contributed by atoms with Gasteiger partial charge in [-0.15, -0.1) is 0 Å². The topological polar surface area (TPSA) is 125 Å². The Bertz CT molecular complexity index is 1140. The van der Waals surface area contributed by atoms with E-state index in [0.29, 0.717) is 6.42 Å². The van der Waals surface area contributed by atoms with Crippen LogP contribution >= 0.6 is 0 Å². The molecule has 2 amide bonds. The van der Waals surface area contributed by atoms with Crippen molar-refractivity contribution in [2.45, 2.75) is 24.7 Å². The van der Waals surface area contributed by atoms with Crippen LogP contribution in [0, 0.1) is 0 Å². The van der Waals surface area contributed by atoms with Gasteiger partial charge in [-0.25, -0.2) is 27.5 Å². The van der Waals surface area contributed by atoms with Gasteiger partial charge in [0.05, 0.1) is 12.2 Å². The normalized spacial score (nSPS) is 17.5. The minimum absolute atomic E-state index is 0.0916. The van der Waals surface area contributed by atoms with Crippen molar-refractivity contribution in [3.8, 4) is 0 Å². The molecule has 0 aliphatic carbocycles. The number of carbonyl (C=O) groups excluding carboxylic acids is 2. The predicted octanol–water partition coefficient (Wildman–Crippen LogP) is 1.79. The molecule has 12 heteroatoms. The number of fused-ring (bicyclic) bond motifs is 1. The van der Waals surface area contributed by atoms with E-state index >= 15 is 0 Å². The Morgan fingerprint density at radius 3 is 2.50 bits per heavy atom. The molecular weight excluding hydrogens is 460 g/mol. The maximum atomic E-state index is 13.0. The van der Waals surface area contributed by atoms with Gasteiger partial charge in [0, 0.05) is 50.8 Å². The van der Waals surface area contributed by atoms with E-state index in [4.69, 9.17) is 4.74 Å². The number of sulfonamides is 1. The van der Waals surface area contributed by atoms with Crippen LogP contribution in [-0.2, 0) is 14.8 Å². The van der Waals surface area contributed by atoms with Crippen molar-refractivity contribution in [2.75, 3.05) is 56.1 Å². The van der Waals surface area contributed by atoms with Crippen LogP contribution in [0.5, 0.6) is 0 Å².